The number of carbonyl (C=O) groups is 1. The van der Waals surface area contributed by atoms with Gasteiger partial charge in [-0.15, -0.1) is 0 Å². The van der Waals surface area contributed by atoms with Crippen LogP contribution in [0.2, 0.25) is 0 Å². The third-order valence-electron chi connectivity index (χ3n) is 3.87. The van der Waals surface area contributed by atoms with Gasteiger partial charge in [0.1, 0.15) is 5.75 Å². The second-order valence-electron chi connectivity index (χ2n) is 5.95. The summed E-state index contributed by atoms with van der Waals surface area (Å²) in [5, 5.41) is 2.99. The van der Waals surface area contributed by atoms with Crippen LogP contribution in [0.25, 0.3) is 0 Å². The monoisotopic (exact) mass is 311 g/mol. The molecule has 0 unspecified atom stereocenters. The van der Waals surface area contributed by atoms with Gasteiger partial charge in [0.05, 0.1) is 0 Å². The first kappa shape index (κ1) is 17.1. The molecule has 0 aromatic heterocycles. The smallest absolute Gasteiger partial charge is 0.265 e. The molecule has 0 aliphatic carbocycles. The number of amides is 1. The maximum absolute atomic E-state index is 12.5. The Kier molecular flexibility index (Phi) is 5.80. The van der Waals surface area contributed by atoms with Crippen LogP contribution in [0.15, 0.2) is 48.5 Å². The lowest BCUT2D eigenvalue weighted by molar-refractivity contribution is -0.122. The number of carbonyl (C=O) groups excluding carboxylic acids is 1. The van der Waals surface area contributed by atoms with Crippen molar-refractivity contribution in [3.05, 3.63) is 59.7 Å². The molecule has 2 aromatic rings. The molecule has 0 aliphatic heterocycles. The molecule has 1 atom stereocenters. The van der Waals surface area contributed by atoms with Gasteiger partial charge in [-0.1, -0.05) is 57.2 Å². The summed E-state index contributed by atoms with van der Waals surface area (Å²) in [4.78, 5) is 12.5. The van der Waals surface area contributed by atoms with Crippen molar-refractivity contribution in [3.63, 3.8) is 0 Å². The first-order valence-electron chi connectivity index (χ1n) is 8.17. The average Bonchev–Trinajstić information content (AvgIpc) is 2.55. The van der Waals surface area contributed by atoms with Crippen molar-refractivity contribution in [2.45, 2.75) is 46.1 Å². The van der Waals surface area contributed by atoms with Crippen molar-refractivity contribution in [1.82, 2.24) is 0 Å². The van der Waals surface area contributed by atoms with Crippen LogP contribution in [0.4, 0.5) is 5.69 Å². The molecule has 1 amide bonds. The Bertz CT molecular complexity index is 664. The standard InChI is InChI=1S/C20H25NO2/c1-5-16-10-6-9-13-19(16)23-15(4)20(22)21-18-12-8-7-11-17(18)14(2)3/h6-15H,5H2,1-4H3,(H,21,22)/t15-/m0/s1. The Hall–Kier alpha value is -2.29. The van der Waals surface area contributed by atoms with E-state index in [4.69, 9.17) is 4.74 Å². The van der Waals surface area contributed by atoms with Crippen LogP contribution in [-0.4, -0.2) is 12.0 Å². The predicted molar refractivity (Wildman–Crippen MR) is 95.1 cm³/mol. The van der Waals surface area contributed by atoms with Crippen LogP contribution < -0.4 is 10.1 Å². The minimum atomic E-state index is -0.553. The van der Waals surface area contributed by atoms with E-state index in [9.17, 15) is 4.79 Å². The summed E-state index contributed by atoms with van der Waals surface area (Å²) in [5.74, 6) is 0.988. The maximum Gasteiger partial charge on any atom is 0.265 e. The third kappa shape index (κ3) is 4.35. The normalized spacial score (nSPS) is 12.0. The van der Waals surface area contributed by atoms with Gasteiger partial charge in [-0.25, -0.2) is 0 Å². The number of nitrogens with one attached hydrogen (secondary N) is 1. The number of benzene rings is 2. The molecular weight excluding hydrogens is 286 g/mol. The third-order valence-corrected chi connectivity index (χ3v) is 3.87. The van der Waals surface area contributed by atoms with E-state index in [2.05, 4.69) is 26.1 Å². The second-order valence-corrected chi connectivity index (χ2v) is 5.95. The molecule has 3 nitrogen and oxygen atoms in total. The molecular formula is C20H25NO2. The Morgan fingerprint density at radius 1 is 1.04 bits per heavy atom. The van der Waals surface area contributed by atoms with E-state index in [1.807, 2.05) is 48.5 Å². The quantitative estimate of drug-likeness (QED) is 0.834. The minimum absolute atomic E-state index is 0.135. The highest BCUT2D eigenvalue weighted by Crippen LogP contribution is 2.24. The van der Waals surface area contributed by atoms with Gasteiger partial charge < -0.3 is 10.1 Å². The van der Waals surface area contributed by atoms with Crippen LogP contribution in [0.5, 0.6) is 5.75 Å². The lowest BCUT2D eigenvalue weighted by Crippen LogP contribution is -2.30. The molecule has 0 fully saturated rings. The highest BCUT2D eigenvalue weighted by molar-refractivity contribution is 5.94. The van der Waals surface area contributed by atoms with Gasteiger partial charge in [0, 0.05) is 5.69 Å². The first-order chi connectivity index (χ1) is 11.0. The van der Waals surface area contributed by atoms with Crippen molar-refractivity contribution in [3.8, 4) is 5.75 Å². The molecule has 2 rings (SSSR count). The summed E-state index contributed by atoms with van der Waals surface area (Å²) in [5.41, 5.74) is 3.09. The SMILES string of the molecule is CCc1ccccc1O[C@@H](C)C(=O)Nc1ccccc1C(C)C. The van der Waals surface area contributed by atoms with Gasteiger partial charge in [0.15, 0.2) is 6.10 Å². The molecule has 0 radical (unpaired) electrons. The van der Waals surface area contributed by atoms with E-state index >= 15 is 0 Å². The van der Waals surface area contributed by atoms with E-state index < -0.39 is 6.10 Å². The summed E-state index contributed by atoms with van der Waals surface area (Å²) in [6, 6.07) is 15.7. The number of para-hydroxylation sites is 2. The molecule has 122 valence electrons. The highest BCUT2D eigenvalue weighted by Gasteiger charge is 2.17. The predicted octanol–water partition coefficient (Wildman–Crippen LogP) is 4.78. The fourth-order valence-corrected chi connectivity index (χ4v) is 2.50. The zero-order valence-electron chi connectivity index (χ0n) is 14.3. The molecule has 23 heavy (non-hydrogen) atoms. The van der Waals surface area contributed by atoms with Crippen LogP contribution in [0, 0.1) is 0 Å². The lowest BCUT2D eigenvalue weighted by atomic mass is 10.0. The number of hydrogen-bond donors (Lipinski definition) is 1. The topological polar surface area (TPSA) is 38.3 Å². The largest absolute Gasteiger partial charge is 0.481 e. The van der Waals surface area contributed by atoms with Gasteiger partial charge in [-0.2, -0.15) is 0 Å². The second kappa shape index (κ2) is 7.82. The fraction of sp³-hybridized carbons (Fsp3) is 0.350. The molecule has 2 aromatic carbocycles. The summed E-state index contributed by atoms with van der Waals surface area (Å²) >= 11 is 0. The van der Waals surface area contributed by atoms with Gasteiger partial charge in [0.25, 0.3) is 5.91 Å². The van der Waals surface area contributed by atoms with Crippen molar-refractivity contribution in [2.24, 2.45) is 0 Å². The Balaban J connectivity index is 2.09. The van der Waals surface area contributed by atoms with Crippen molar-refractivity contribution in [2.75, 3.05) is 5.32 Å². The van der Waals surface area contributed by atoms with E-state index in [0.717, 1.165) is 29.0 Å². The van der Waals surface area contributed by atoms with Crippen molar-refractivity contribution >= 4 is 11.6 Å². The van der Waals surface area contributed by atoms with Crippen molar-refractivity contribution in [1.29, 1.82) is 0 Å². The molecule has 0 spiro atoms. The van der Waals surface area contributed by atoms with Crippen molar-refractivity contribution < 1.29 is 9.53 Å². The summed E-state index contributed by atoms with van der Waals surface area (Å²) in [6.45, 7) is 8.08. The molecule has 3 heteroatoms. The number of aryl methyl sites for hydroxylation is 1. The first-order valence-corrected chi connectivity index (χ1v) is 8.17. The molecule has 0 heterocycles. The number of hydrogen-bond acceptors (Lipinski definition) is 2. The van der Waals surface area contributed by atoms with Crippen LogP contribution >= 0.6 is 0 Å². The average molecular weight is 311 g/mol. The summed E-state index contributed by atoms with van der Waals surface area (Å²) < 4.78 is 5.86. The summed E-state index contributed by atoms with van der Waals surface area (Å²) in [6.07, 6.45) is 0.323. The Labute approximate surface area is 138 Å². The van der Waals surface area contributed by atoms with Gasteiger partial charge >= 0.3 is 0 Å². The number of rotatable bonds is 6. The molecule has 1 N–H and O–H groups in total. The fourth-order valence-electron chi connectivity index (χ4n) is 2.50. The number of ether oxygens (including phenoxy) is 1. The van der Waals surface area contributed by atoms with E-state index in [0.29, 0.717) is 5.92 Å². The zero-order chi connectivity index (χ0) is 16.8. The number of anilines is 1. The van der Waals surface area contributed by atoms with Gasteiger partial charge in [0.2, 0.25) is 0 Å². The van der Waals surface area contributed by atoms with Crippen LogP contribution in [-0.2, 0) is 11.2 Å². The Morgan fingerprint density at radius 3 is 2.39 bits per heavy atom. The Morgan fingerprint density at radius 2 is 1.70 bits per heavy atom. The maximum atomic E-state index is 12.5. The molecule has 0 saturated carbocycles. The van der Waals surface area contributed by atoms with Crippen LogP contribution in [0.3, 0.4) is 0 Å². The minimum Gasteiger partial charge on any atom is -0.481 e. The van der Waals surface area contributed by atoms with Crippen LogP contribution in [0.1, 0.15) is 44.7 Å². The molecule has 0 bridgehead atoms. The molecule has 0 saturated heterocycles. The zero-order valence-corrected chi connectivity index (χ0v) is 14.3. The lowest BCUT2D eigenvalue weighted by Gasteiger charge is -2.19. The van der Waals surface area contributed by atoms with E-state index in [-0.39, 0.29) is 5.91 Å². The van der Waals surface area contributed by atoms with E-state index in [1.165, 1.54) is 0 Å². The van der Waals surface area contributed by atoms with Gasteiger partial charge in [-0.3, -0.25) is 4.79 Å². The van der Waals surface area contributed by atoms with Gasteiger partial charge in [-0.05, 0) is 42.5 Å². The summed E-state index contributed by atoms with van der Waals surface area (Å²) in [7, 11) is 0. The van der Waals surface area contributed by atoms with E-state index in [1.54, 1.807) is 6.92 Å². The molecule has 0 aliphatic rings. The highest BCUT2D eigenvalue weighted by atomic mass is 16.5.